The van der Waals surface area contributed by atoms with Crippen molar-refractivity contribution < 1.29 is 8.78 Å². The lowest BCUT2D eigenvalue weighted by atomic mass is 9.93. The number of hydrogen-bond acceptors (Lipinski definition) is 3. The van der Waals surface area contributed by atoms with E-state index in [1.54, 1.807) is 11.3 Å². The fraction of sp³-hybridized carbons (Fsp3) is 0.400. The molecule has 0 fully saturated rings. The van der Waals surface area contributed by atoms with Crippen molar-refractivity contribution >= 4 is 11.3 Å². The van der Waals surface area contributed by atoms with Crippen molar-refractivity contribution in [3.63, 3.8) is 0 Å². The van der Waals surface area contributed by atoms with Gasteiger partial charge in [-0.1, -0.05) is 20.8 Å². The first-order valence-corrected chi connectivity index (χ1v) is 7.34. The van der Waals surface area contributed by atoms with Crippen LogP contribution in [0.25, 0.3) is 0 Å². The zero-order chi connectivity index (χ0) is 14.8. The summed E-state index contributed by atoms with van der Waals surface area (Å²) in [5.74, 6) is -0.819. The van der Waals surface area contributed by atoms with Gasteiger partial charge in [-0.2, -0.15) is 0 Å². The van der Waals surface area contributed by atoms with Gasteiger partial charge in [0.05, 0.1) is 5.69 Å². The van der Waals surface area contributed by atoms with Gasteiger partial charge in [-0.25, -0.2) is 13.8 Å². The van der Waals surface area contributed by atoms with Crippen LogP contribution in [-0.4, -0.2) is 4.98 Å². The van der Waals surface area contributed by atoms with Gasteiger partial charge in [-0.15, -0.1) is 11.3 Å². The number of nitrogens with zero attached hydrogens (tertiary/aromatic N) is 1. The molecule has 0 unspecified atom stereocenters. The predicted molar refractivity (Wildman–Crippen MR) is 77.7 cm³/mol. The van der Waals surface area contributed by atoms with Crippen LogP contribution in [0.3, 0.4) is 0 Å². The molecule has 1 N–H and O–H groups in total. The molecule has 0 aliphatic heterocycles. The lowest BCUT2D eigenvalue weighted by molar-refractivity contribution is 0.560. The van der Waals surface area contributed by atoms with Crippen molar-refractivity contribution in [3.8, 4) is 0 Å². The highest BCUT2D eigenvalue weighted by Gasteiger charge is 2.17. The van der Waals surface area contributed by atoms with Gasteiger partial charge in [0.1, 0.15) is 16.6 Å². The number of halogens is 2. The maximum Gasteiger partial charge on any atom is 0.127 e. The number of hydrogen-bond donors (Lipinski definition) is 1. The van der Waals surface area contributed by atoms with Crippen LogP contribution in [0.5, 0.6) is 0 Å². The van der Waals surface area contributed by atoms with Crippen LogP contribution in [0, 0.1) is 11.6 Å². The zero-order valence-corrected chi connectivity index (χ0v) is 12.7. The van der Waals surface area contributed by atoms with Crippen molar-refractivity contribution in [3.05, 3.63) is 51.5 Å². The van der Waals surface area contributed by atoms with Gasteiger partial charge in [-0.3, -0.25) is 0 Å². The average molecular weight is 296 g/mol. The summed E-state index contributed by atoms with van der Waals surface area (Å²) in [6.45, 7) is 7.18. The summed E-state index contributed by atoms with van der Waals surface area (Å²) in [5.41, 5.74) is 1.41. The Morgan fingerprint density at radius 3 is 2.60 bits per heavy atom. The molecule has 0 amide bonds. The van der Waals surface area contributed by atoms with E-state index in [2.05, 4.69) is 31.1 Å². The highest BCUT2D eigenvalue weighted by atomic mass is 32.1. The summed E-state index contributed by atoms with van der Waals surface area (Å²) in [6, 6.07) is 3.48. The van der Waals surface area contributed by atoms with Gasteiger partial charge in [0.15, 0.2) is 0 Å². The Bertz CT molecular complexity index is 588. The molecule has 0 radical (unpaired) electrons. The van der Waals surface area contributed by atoms with E-state index in [4.69, 9.17) is 0 Å². The molecule has 0 spiro atoms. The van der Waals surface area contributed by atoms with Gasteiger partial charge in [0, 0.05) is 29.4 Å². The molecule has 0 saturated carbocycles. The standard InChI is InChI=1S/C15H18F2N2S/c1-15(2,3)13-9-20-14(19-13)8-18-7-10-6-11(16)4-5-12(10)17/h4-6,9,18H,7-8H2,1-3H3. The third kappa shape index (κ3) is 3.84. The highest BCUT2D eigenvalue weighted by molar-refractivity contribution is 7.09. The Morgan fingerprint density at radius 1 is 1.20 bits per heavy atom. The zero-order valence-electron chi connectivity index (χ0n) is 11.8. The summed E-state index contributed by atoms with van der Waals surface area (Å²) in [6.07, 6.45) is 0. The van der Waals surface area contributed by atoms with Gasteiger partial charge < -0.3 is 5.32 Å². The molecule has 1 aromatic carbocycles. The first-order valence-electron chi connectivity index (χ1n) is 6.46. The van der Waals surface area contributed by atoms with Crippen LogP contribution in [0.15, 0.2) is 23.6 Å². The minimum Gasteiger partial charge on any atom is -0.306 e. The Morgan fingerprint density at radius 2 is 1.95 bits per heavy atom. The average Bonchev–Trinajstić information content (AvgIpc) is 2.82. The third-order valence-electron chi connectivity index (χ3n) is 2.92. The molecular formula is C15H18F2N2S. The van der Waals surface area contributed by atoms with E-state index in [0.29, 0.717) is 12.1 Å². The maximum atomic E-state index is 13.4. The minimum atomic E-state index is -0.424. The first-order chi connectivity index (χ1) is 9.36. The largest absolute Gasteiger partial charge is 0.306 e. The molecule has 20 heavy (non-hydrogen) atoms. The third-order valence-corrected chi connectivity index (χ3v) is 3.77. The SMILES string of the molecule is CC(C)(C)c1csc(CNCc2cc(F)ccc2F)n1. The maximum absolute atomic E-state index is 13.4. The molecule has 2 rings (SSSR count). The summed E-state index contributed by atoms with van der Waals surface area (Å²) >= 11 is 1.58. The van der Waals surface area contributed by atoms with E-state index in [0.717, 1.165) is 22.8 Å². The van der Waals surface area contributed by atoms with Crippen LogP contribution >= 0.6 is 11.3 Å². The van der Waals surface area contributed by atoms with Crippen molar-refractivity contribution in [2.45, 2.75) is 39.3 Å². The van der Waals surface area contributed by atoms with Gasteiger partial charge in [-0.05, 0) is 18.2 Å². The van der Waals surface area contributed by atoms with Crippen LogP contribution in [0.4, 0.5) is 8.78 Å². The minimum absolute atomic E-state index is 0.0312. The molecule has 5 heteroatoms. The molecule has 0 bridgehead atoms. The first kappa shape index (κ1) is 15.1. The molecule has 2 aromatic rings. The van der Waals surface area contributed by atoms with Gasteiger partial charge in [0.25, 0.3) is 0 Å². The van der Waals surface area contributed by atoms with Crippen molar-refractivity contribution in [1.82, 2.24) is 10.3 Å². The molecule has 0 aliphatic rings. The quantitative estimate of drug-likeness (QED) is 0.922. The molecule has 108 valence electrons. The van der Waals surface area contributed by atoms with E-state index in [1.165, 1.54) is 6.07 Å². The van der Waals surface area contributed by atoms with Gasteiger partial charge >= 0.3 is 0 Å². The number of aromatic nitrogens is 1. The van der Waals surface area contributed by atoms with Gasteiger partial charge in [0.2, 0.25) is 0 Å². The van der Waals surface area contributed by atoms with Crippen LogP contribution in [0.1, 0.15) is 37.0 Å². The molecule has 0 saturated heterocycles. The van der Waals surface area contributed by atoms with E-state index in [9.17, 15) is 8.78 Å². The second-order valence-electron chi connectivity index (χ2n) is 5.72. The summed E-state index contributed by atoms with van der Waals surface area (Å²) < 4.78 is 26.5. The molecular weight excluding hydrogens is 278 g/mol. The smallest absolute Gasteiger partial charge is 0.127 e. The number of nitrogens with one attached hydrogen (secondary N) is 1. The molecule has 2 nitrogen and oxygen atoms in total. The molecule has 0 atom stereocenters. The van der Waals surface area contributed by atoms with Crippen molar-refractivity contribution in [2.24, 2.45) is 0 Å². The summed E-state index contributed by atoms with van der Waals surface area (Å²) in [5, 5.41) is 6.08. The lowest BCUT2D eigenvalue weighted by Gasteiger charge is -2.14. The van der Waals surface area contributed by atoms with Crippen molar-refractivity contribution in [1.29, 1.82) is 0 Å². The van der Waals surface area contributed by atoms with E-state index < -0.39 is 11.6 Å². The number of rotatable bonds is 4. The highest BCUT2D eigenvalue weighted by Crippen LogP contribution is 2.23. The van der Waals surface area contributed by atoms with Crippen LogP contribution in [-0.2, 0) is 18.5 Å². The Kier molecular flexibility index (Phi) is 4.50. The van der Waals surface area contributed by atoms with E-state index in [1.807, 2.05) is 5.38 Å². The topological polar surface area (TPSA) is 24.9 Å². The van der Waals surface area contributed by atoms with E-state index >= 15 is 0 Å². The Labute approximate surface area is 121 Å². The molecule has 1 heterocycles. The summed E-state index contributed by atoms with van der Waals surface area (Å²) in [7, 11) is 0. The fourth-order valence-corrected chi connectivity index (χ4v) is 2.71. The number of thiazole rings is 1. The second-order valence-corrected chi connectivity index (χ2v) is 6.66. The predicted octanol–water partition coefficient (Wildman–Crippen LogP) is 4.01. The van der Waals surface area contributed by atoms with E-state index in [-0.39, 0.29) is 12.0 Å². The van der Waals surface area contributed by atoms with Crippen LogP contribution < -0.4 is 5.32 Å². The Balaban J connectivity index is 1.93. The summed E-state index contributed by atoms with van der Waals surface area (Å²) in [4.78, 5) is 4.54. The fourth-order valence-electron chi connectivity index (χ4n) is 1.72. The monoisotopic (exact) mass is 296 g/mol. The Hall–Kier alpha value is -1.33. The molecule has 1 aromatic heterocycles. The van der Waals surface area contributed by atoms with Crippen molar-refractivity contribution in [2.75, 3.05) is 0 Å². The normalized spacial score (nSPS) is 11.8. The molecule has 0 aliphatic carbocycles. The number of benzene rings is 1. The second kappa shape index (κ2) is 5.97. The van der Waals surface area contributed by atoms with Crippen LogP contribution in [0.2, 0.25) is 0 Å². The lowest BCUT2D eigenvalue weighted by Crippen LogP contribution is -2.15.